The van der Waals surface area contributed by atoms with E-state index in [0.29, 0.717) is 11.5 Å². The Morgan fingerprint density at radius 1 is 1.32 bits per heavy atom. The number of benzene rings is 1. The molecule has 1 aromatic carbocycles. The molecule has 4 nitrogen and oxygen atoms in total. The number of fused-ring (bicyclic) bond motifs is 3. The van der Waals surface area contributed by atoms with Gasteiger partial charge in [-0.3, -0.25) is 4.98 Å². The number of rotatable bonds is 2. The number of allylic oxidation sites excluding steroid dienone is 2. The van der Waals surface area contributed by atoms with Crippen LogP contribution in [0.4, 0.5) is 5.69 Å². The predicted octanol–water partition coefficient (Wildman–Crippen LogP) is 3.61. The average molecular weight is 292 g/mol. The Morgan fingerprint density at radius 3 is 3.00 bits per heavy atom. The van der Waals surface area contributed by atoms with E-state index in [2.05, 4.69) is 28.5 Å². The molecule has 0 radical (unpaired) electrons. The average Bonchev–Trinajstić information content (AvgIpc) is 3.04. The third-order valence-electron chi connectivity index (χ3n) is 4.65. The standard InChI is InChI=1S/C18H16N2O2/c21-18(22)11-6-7-16-15(9-11)13-4-1-5-14(13)17(20-16)12-3-2-8-19-10-12/h1-4,6-10,13-14,17,20H,5H2,(H,21,22)/t13-,14+,17+/m0/s1. The van der Waals surface area contributed by atoms with Crippen LogP contribution in [0.25, 0.3) is 0 Å². The van der Waals surface area contributed by atoms with Crippen molar-refractivity contribution in [1.29, 1.82) is 0 Å². The topological polar surface area (TPSA) is 62.2 Å². The normalized spacial score (nSPS) is 25.2. The highest BCUT2D eigenvalue weighted by atomic mass is 16.4. The van der Waals surface area contributed by atoms with Crippen molar-refractivity contribution >= 4 is 11.7 Å². The van der Waals surface area contributed by atoms with Gasteiger partial charge >= 0.3 is 5.97 Å². The third-order valence-corrected chi connectivity index (χ3v) is 4.65. The molecule has 0 spiro atoms. The first-order valence-electron chi connectivity index (χ1n) is 7.44. The minimum Gasteiger partial charge on any atom is -0.478 e. The second-order valence-corrected chi connectivity index (χ2v) is 5.87. The van der Waals surface area contributed by atoms with Crippen LogP contribution in [0, 0.1) is 5.92 Å². The van der Waals surface area contributed by atoms with E-state index in [4.69, 9.17) is 0 Å². The summed E-state index contributed by atoms with van der Waals surface area (Å²) < 4.78 is 0. The second-order valence-electron chi connectivity index (χ2n) is 5.87. The fourth-order valence-corrected chi connectivity index (χ4v) is 3.62. The molecule has 0 fully saturated rings. The number of nitrogens with one attached hydrogen (secondary N) is 1. The molecule has 0 amide bonds. The molecule has 22 heavy (non-hydrogen) atoms. The van der Waals surface area contributed by atoms with Crippen LogP contribution in [0.2, 0.25) is 0 Å². The van der Waals surface area contributed by atoms with Gasteiger partial charge in [-0.15, -0.1) is 0 Å². The molecule has 0 saturated carbocycles. The molecule has 1 aliphatic heterocycles. The number of nitrogens with zero attached hydrogens (tertiary/aromatic N) is 1. The van der Waals surface area contributed by atoms with Gasteiger partial charge in [-0.05, 0) is 47.7 Å². The van der Waals surface area contributed by atoms with E-state index in [9.17, 15) is 9.90 Å². The fourth-order valence-electron chi connectivity index (χ4n) is 3.62. The van der Waals surface area contributed by atoms with Crippen molar-refractivity contribution in [2.75, 3.05) is 5.32 Å². The molecule has 4 rings (SSSR count). The summed E-state index contributed by atoms with van der Waals surface area (Å²) in [5.74, 6) is -0.211. The lowest BCUT2D eigenvalue weighted by molar-refractivity contribution is 0.0696. The highest BCUT2D eigenvalue weighted by Gasteiger charge is 2.38. The lowest BCUT2D eigenvalue weighted by Crippen LogP contribution is -2.29. The smallest absolute Gasteiger partial charge is 0.335 e. The van der Waals surface area contributed by atoms with E-state index in [1.807, 2.05) is 18.3 Å². The summed E-state index contributed by atoms with van der Waals surface area (Å²) in [6.45, 7) is 0. The zero-order chi connectivity index (χ0) is 15.1. The Bertz CT molecular complexity index is 755. The molecule has 2 N–H and O–H groups in total. The SMILES string of the molecule is O=C(O)c1ccc2c(c1)[C@H]1C=CC[C@H]1[C@@H](c1cccnc1)N2. The van der Waals surface area contributed by atoms with Gasteiger partial charge in [-0.1, -0.05) is 18.2 Å². The van der Waals surface area contributed by atoms with Crippen LogP contribution in [-0.2, 0) is 0 Å². The summed E-state index contributed by atoms with van der Waals surface area (Å²) in [5, 5.41) is 12.8. The Kier molecular flexibility index (Phi) is 2.96. The molecular weight excluding hydrogens is 276 g/mol. The fraction of sp³-hybridized carbons (Fsp3) is 0.222. The number of carboxylic acids is 1. The number of pyridine rings is 1. The molecule has 2 aliphatic rings. The van der Waals surface area contributed by atoms with Crippen LogP contribution >= 0.6 is 0 Å². The third kappa shape index (κ3) is 1.99. The number of aromatic nitrogens is 1. The molecule has 0 saturated heterocycles. The Balaban J connectivity index is 1.79. The summed E-state index contributed by atoms with van der Waals surface area (Å²) in [5.41, 5.74) is 3.62. The summed E-state index contributed by atoms with van der Waals surface area (Å²) >= 11 is 0. The summed E-state index contributed by atoms with van der Waals surface area (Å²) in [4.78, 5) is 15.4. The summed E-state index contributed by atoms with van der Waals surface area (Å²) in [6, 6.07) is 9.60. The van der Waals surface area contributed by atoms with Crippen molar-refractivity contribution in [3.8, 4) is 0 Å². The summed E-state index contributed by atoms with van der Waals surface area (Å²) in [7, 11) is 0. The lowest BCUT2D eigenvalue weighted by Gasteiger charge is -2.37. The second kappa shape index (κ2) is 4.98. The van der Waals surface area contributed by atoms with Gasteiger partial charge in [0, 0.05) is 24.0 Å². The van der Waals surface area contributed by atoms with Gasteiger partial charge in [0.05, 0.1) is 11.6 Å². The molecule has 0 bridgehead atoms. The minimum atomic E-state index is -0.879. The molecule has 2 aromatic rings. The van der Waals surface area contributed by atoms with Gasteiger partial charge in [0.25, 0.3) is 0 Å². The number of hydrogen-bond donors (Lipinski definition) is 2. The van der Waals surface area contributed by atoms with Crippen LogP contribution in [0.3, 0.4) is 0 Å². The quantitative estimate of drug-likeness (QED) is 0.830. The Hall–Kier alpha value is -2.62. The zero-order valence-electron chi connectivity index (χ0n) is 11.9. The van der Waals surface area contributed by atoms with Crippen LogP contribution < -0.4 is 5.32 Å². The molecule has 3 atom stereocenters. The van der Waals surface area contributed by atoms with Crippen molar-refractivity contribution < 1.29 is 9.90 Å². The molecular formula is C18H16N2O2. The van der Waals surface area contributed by atoms with Gasteiger partial charge in [0.15, 0.2) is 0 Å². The van der Waals surface area contributed by atoms with Gasteiger partial charge in [-0.25, -0.2) is 4.79 Å². The molecule has 0 unspecified atom stereocenters. The van der Waals surface area contributed by atoms with Crippen molar-refractivity contribution in [3.05, 3.63) is 71.6 Å². The van der Waals surface area contributed by atoms with Gasteiger partial charge in [-0.2, -0.15) is 0 Å². The molecule has 2 heterocycles. The van der Waals surface area contributed by atoms with E-state index in [-0.39, 0.29) is 12.0 Å². The van der Waals surface area contributed by atoms with E-state index in [0.717, 1.165) is 17.7 Å². The van der Waals surface area contributed by atoms with Gasteiger partial charge in [0.2, 0.25) is 0 Å². The maximum Gasteiger partial charge on any atom is 0.335 e. The molecule has 110 valence electrons. The summed E-state index contributed by atoms with van der Waals surface area (Å²) in [6.07, 6.45) is 9.09. The lowest BCUT2D eigenvalue weighted by atomic mass is 9.77. The van der Waals surface area contributed by atoms with Gasteiger partial charge < -0.3 is 10.4 Å². The zero-order valence-corrected chi connectivity index (χ0v) is 11.9. The highest BCUT2D eigenvalue weighted by molar-refractivity contribution is 5.89. The number of anilines is 1. The van der Waals surface area contributed by atoms with Crippen LogP contribution in [0.1, 0.15) is 39.9 Å². The molecule has 4 heteroatoms. The van der Waals surface area contributed by atoms with Crippen LogP contribution in [0.5, 0.6) is 0 Å². The van der Waals surface area contributed by atoms with Crippen LogP contribution in [-0.4, -0.2) is 16.1 Å². The van der Waals surface area contributed by atoms with Crippen molar-refractivity contribution in [2.45, 2.75) is 18.4 Å². The predicted molar refractivity (Wildman–Crippen MR) is 84.0 cm³/mol. The Morgan fingerprint density at radius 2 is 2.23 bits per heavy atom. The number of carboxylic acid groups (broad SMARTS) is 1. The van der Waals surface area contributed by atoms with Gasteiger partial charge in [0.1, 0.15) is 0 Å². The largest absolute Gasteiger partial charge is 0.478 e. The number of hydrogen-bond acceptors (Lipinski definition) is 3. The van der Waals surface area contributed by atoms with E-state index in [1.54, 1.807) is 18.3 Å². The van der Waals surface area contributed by atoms with Crippen molar-refractivity contribution in [2.24, 2.45) is 5.92 Å². The molecule has 1 aromatic heterocycles. The number of carbonyl (C=O) groups is 1. The first-order valence-corrected chi connectivity index (χ1v) is 7.44. The first-order chi connectivity index (χ1) is 10.7. The van der Waals surface area contributed by atoms with E-state index < -0.39 is 5.97 Å². The molecule has 1 aliphatic carbocycles. The van der Waals surface area contributed by atoms with Crippen molar-refractivity contribution in [3.63, 3.8) is 0 Å². The minimum absolute atomic E-state index is 0.205. The Labute approximate surface area is 128 Å². The maximum absolute atomic E-state index is 11.2. The van der Waals surface area contributed by atoms with Crippen molar-refractivity contribution in [1.82, 2.24) is 4.98 Å². The number of aromatic carboxylic acids is 1. The van der Waals surface area contributed by atoms with E-state index in [1.165, 1.54) is 5.56 Å². The first kappa shape index (κ1) is 13.1. The highest BCUT2D eigenvalue weighted by Crippen LogP contribution is 2.49. The monoisotopic (exact) mass is 292 g/mol. The maximum atomic E-state index is 11.2. The van der Waals surface area contributed by atoms with Crippen LogP contribution in [0.15, 0.2) is 54.9 Å². The van der Waals surface area contributed by atoms with E-state index >= 15 is 0 Å².